The van der Waals surface area contributed by atoms with Gasteiger partial charge in [0.05, 0.1) is 6.20 Å². The van der Waals surface area contributed by atoms with Gasteiger partial charge in [0.15, 0.2) is 0 Å². The van der Waals surface area contributed by atoms with Crippen molar-refractivity contribution in [1.82, 2.24) is 9.78 Å². The van der Waals surface area contributed by atoms with Crippen molar-refractivity contribution in [1.29, 1.82) is 5.26 Å². The van der Waals surface area contributed by atoms with E-state index in [1.54, 1.807) is 14.2 Å². The number of anilines is 1. The fourth-order valence-corrected chi connectivity index (χ4v) is 1.24. The van der Waals surface area contributed by atoms with E-state index in [2.05, 4.69) is 10.4 Å². The van der Waals surface area contributed by atoms with Crippen LogP contribution in [0.3, 0.4) is 0 Å². The van der Waals surface area contributed by atoms with Crippen LogP contribution >= 0.6 is 0 Å². The van der Waals surface area contributed by atoms with Gasteiger partial charge in [-0.25, -0.2) is 0 Å². The van der Waals surface area contributed by atoms with E-state index < -0.39 is 0 Å². The number of aromatic nitrogens is 2. The van der Waals surface area contributed by atoms with Gasteiger partial charge in [0, 0.05) is 27.2 Å². The number of amides is 1. The lowest BCUT2D eigenvalue weighted by Gasteiger charge is -2.05. The normalized spacial score (nSPS) is 9.81. The number of nitrogens with zero attached hydrogens (tertiary/aromatic N) is 3. The maximum Gasteiger partial charge on any atom is 0.225 e. The van der Waals surface area contributed by atoms with E-state index in [0.717, 1.165) is 0 Å². The molecule has 1 rings (SSSR count). The van der Waals surface area contributed by atoms with E-state index in [-0.39, 0.29) is 5.91 Å². The van der Waals surface area contributed by atoms with E-state index in [1.165, 1.54) is 10.9 Å². The second-order valence-electron chi connectivity index (χ2n) is 3.29. The summed E-state index contributed by atoms with van der Waals surface area (Å²) in [6, 6.07) is 1.97. The van der Waals surface area contributed by atoms with E-state index >= 15 is 0 Å². The Bertz CT molecular complexity index is 405. The van der Waals surface area contributed by atoms with Gasteiger partial charge in [-0.05, 0) is 6.42 Å². The Balaban J connectivity index is 2.56. The summed E-state index contributed by atoms with van der Waals surface area (Å²) in [4.78, 5) is 11.5. The minimum atomic E-state index is -0.142. The van der Waals surface area contributed by atoms with Crippen molar-refractivity contribution in [2.45, 2.75) is 12.8 Å². The number of aryl methyl sites for hydroxylation is 1. The first kappa shape index (κ1) is 12.2. The molecular weight excluding hydrogens is 208 g/mol. The van der Waals surface area contributed by atoms with Crippen LogP contribution in [-0.2, 0) is 16.6 Å². The summed E-state index contributed by atoms with van der Waals surface area (Å²) in [6.07, 6.45) is 2.44. The molecule has 0 fully saturated rings. The number of hydrogen-bond donors (Lipinski definition) is 1. The van der Waals surface area contributed by atoms with Crippen LogP contribution in [0.4, 0.5) is 5.82 Å². The molecule has 0 spiro atoms. The van der Waals surface area contributed by atoms with Gasteiger partial charge in [-0.3, -0.25) is 9.48 Å². The van der Waals surface area contributed by atoms with Gasteiger partial charge >= 0.3 is 0 Å². The zero-order chi connectivity index (χ0) is 12.0. The van der Waals surface area contributed by atoms with Gasteiger partial charge < -0.3 is 10.1 Å². The Morgan fingerprint density at radius 1 is 1.75 bits per heavy atom. The van der Waals surface area contributed by atoms with Crippen LogP contribution in [-0.4, -0.2) is 29.4 Å². The molecular formula is C10H14N4O2. The summed E-state index contributed by atoms with van der Waals surface area (Å²) in [6.45, 7) is 0.546. The maximum absolute atomic E-state index is 11.5. The monoisotopic (exact) mass is 222 g/mol. The molecule has 0 aliphatic carbocycles. The van der Waals surface area contributed by atoms with Crippen molar-refractivity contribution in [2.24, 2.45) is 7.05 Å². The molecule has 6 nitrogen and oxygen atoms in total. The lowest BCUT2D eigenvalue weighted by atomic mass is 10.3. The number of carbonyl (C=O) groups excluding carboxylic acids is 1. The number of methoxy groups -OCH3 is 1. The second-order valence-corrected chi connectivity index (χ2v) is 3.29. The first-order chi connectivity index (χ1) is 7.69. The Labute approximate surface area is 93.8 Å². The molecule has 0 aliphatic heterocycles. The fraction of sp³-hybridized carbons (Fsp3) is 0.500. The lowest BCUT2D eigenvalue weighted by molar-refractivity contribution is -0.116. The largest absolute Gasteiger partial charge is 0.385 e. The first-order valence-electron chi connectivity index (χ1n) is 4.90. The molecule has 0 aromatic carbocycles. The molecule has 1 aromatic rings. The van der Waals surface area contributed by atoms with Crippen LogP contribution < -0.4 is 5.32 Å². The third-order valence-electron chi connectivity index (χ3n) is 2.07. The zero-order valence-electron chi connectivity index (χ0n) is 9.36. The summed E-state index contributed by atoms with van der Waals surface area (Å²) >= 11 is 0. The molecule has 1 aromatic heterocycles. The molecule has 6 heteroatoms. The van der Waals surface area contributed by atoms with Gasteiger partial charge in [0.25, 0.3) is 0 Å². The minimum absolute atomic E-state index is 0.142. The minimum Gasteiger partial charge on any atom is -0.385 e. The summed E-state index contributed by atoms with van der Waals surface area (Å²) in [7, 11) is 3.26. The van der Waals surface area contributed by atoms with Gasteiger partial charge in [0.1, 0.15) is 17.5 Å². The van der Waals surface area contributed by atoms with Crippen LogP contribution in [0, 0.1) is 11.3 Å². The molecule has 1 amide bonds. The molecule has 0 saturated carbocycles. The summed E-state index contributed by atoms with van der Waals surface area (Å²) in [5, 5.41) is 15.3. The lowest BCUT2D eigenvalue weighted by Crippen LogP contribution is -2.15. The number of hydrogen-bond acceptors (Lipinski definition) is 4. The van der Waals surface area contributed by atoms with Gasteiger partial charge in [-0.1, -0.05) is 0 Å². The van der Waals surface area contributed by atoms with Gasteiger partial charge in [-0.2, -0.15) is 10.4 Å². The predicted octanol–water partition coefficient (Wildman–Crippen LogP) is 0.657. The van der Waals surface area contributed by atoms with Crippen molar-refractivity contribution in [2.75, 3.05) is 19.0 Å². The molecule has 16 heavy (non-hydrogen) atoms. The van der Waals surface area contributed by atoms with E-state index in [4.69, 9.17) is 10.00 Å². The highest BCUT2D eigenvalue weighted by Gasteiger charge is 2.10. The Morgan fingerprint density at radius 2 is 2.50 bits per heavy atom. The number of nitriles is 1. The number of rotatable bonds is 5. The van der Waals surface area contributed by atoms with Crippen molar-refractivity contribution in [3.05, 3.63) is 11.8 Å². The van der Waals surface area contributed by atoms with Crippen LogP contribution in [0.15, 0.2) is 6.20 Å². The van der Waals surface area contributed by atoms with Crippen LogP contribution in [0.25, 0.3) is 0 Å². The molecule has 0 unspecified atom stereocenters. The molecule has 1 heterocycles. The molecule has 86 valence electrons. The molecule has 0 atom stereocenters. The van der Waals surface area contributed by atoms with E-state index in [0.29, 0.717) is 30.8 Å². The highest BCUT2D eigenvalue weighted by atomic mass is 16.5. The topological polar surface area (TPSA) is 79.9 Å². The highest BCUT2D eigenvalue weighted by molar-refractivity contribution is 5.91. The zero-order valence-corrected chi connectivity index (χ0v) is 9.36. The Kier molecular flexibility index (Phi) is 4.48. The number of ether oxygens (including phenoxy) is 1. The maximum atomic E-state index is 11.5. The summed E-state index contributed by atoms with van der Waals surface area (Å²) in [5.74, 6) is 0.294. The molecule has 0 radical (unpaired) electrons. The van der Waals surface area contributed by atoms with Crippen molar-refractivity contribution in [3.63, 3.8) is 0 Å². The van der Waals surface area contributed by atoms with E-state index in [9.17, 15) is 4.79 Å². The average molecular weight is 222 g/mol. The van der Waals surface area contributed by atoms with Crippen LogP contribution in [0.1, 0.15) is 18.4 Å². The number of carbonyl (C=O) groups is 1. The summed E-state index contributed by atoms with van der Waals surface area (Å²) in [5.41, 5.74) is 0.364. The Morgan fingerprint density at radius 3 is 3.12 bits per heavy atom. The molecule has 0 bridgehead atoms. The Hall–Kier alpha value is -1.87. The first-order valence-corrected chi connectivity index (χ1v) is 4.90. The third-order valence-corrected chi connectivity index (χ3v) is 2.07. The van der Waals surface area contributed by atoms with Crippen LogP contribution in [0.5, 0.6) is 0 Å². The fourth-order valence-electron chi connectivity index (χ4n) is 1.24. The van der Waals surface area contributed by atoms with Crippen molar-refractivity contribution in [3.8, 4) is 6.07 Å². The summed E-state index contributed by atoms with van der Waals surface area (Å²) < 4.78 is 6.31. The predicted molar refractivity (Wildman–Crippen MR) is 57.7 cm³/mol. The highest BCUT2D eigenvalue weighted by Crippen LogP contribution is 2.12. The van der Waals surface area contributed by atoms with Crippen molar-refractivity contribution < 1.29 is 9.53 Å². The standard InChI is InChI=1S/C10H14N4O2/c1-14-10(8(6-11)7-12-14)13-9(15)4-3-5-16-2/h7H,3-5H2,1-2H3,(H,13,15). The SMILES string of the molecule is COCCCC(=O)Nc1c(C#N)cnn1C. The third kappa shape index (κ3) is 3.07. The second kappa shape index (κ2) is 5.88. The molecule has 0 aliphatic rings. The number of nitrogens with one attached hydrogen (secondary N) is 1. The van der Waals surface area contributed by atoms with Gasteiger partial charge in [0.2, 0.25) is 5.91 Å². The molecule has 0 saturated heterocycles. The smallest absolute Gasteiger partial charge is 0.225 e. The van der Waals surface area contributed by atoms with Gasteiger partial charge in [-0.15, -0.1) is 0 Å². The molecule has 1 N–H and O–H groups in total. The van der Waals surface area contributed by atoms with Crippen LogP contribution in [0.2, 0.25) is 0 Å². The van der Waals surface area contributed by atoms with E-state index in [1.807, 2.05) is 6.07 Å². The van der Waals surface area contributed by atoms with Crippen molar-refractivity contribution >= 4 is 11.7 Å². The quantitative estimate of drug-likeness (QED) is 0.742. The average Bonchev–Trinajstić information content (AvgIpc) is 2.61.